The molecule has 0 radical (unpaired) electrons. The summed E-state index contributed by atoms with van der Waals surface area (Å²) >= 11 is 5.94. The fraction of sp³-hybridized carbons (Fsp3) is 0.0769. The maximum Gasteiger partial charge on any atom is 0.149 e. The lowest BCUT2D eigenvalue weighted by molar-refractivity contribution is 0.478. The Morgan fingerprint density at radius 1 is 1.15 bits per heavy atom. The van der Waals surface area contributed by atoms with Crippen LogP contribution in [0.25, 0.3) is 0 Å². The number of halogens is 2. The van der Waals surface area contributed by atoms with Crippen molar-refractivity contribution in [1.29, 1.82) is 0 Å². The number of benzene rings is 2. The molecule has 5 nitrogen and oxygen atoms in total. The van der Waals surface area contributed by atoms with Crippen molar-refractivity contribution in [1.82, 2.24) is 0 Å². The molecule has 0 unspecified atom stereocenters. The molecule has 2 aromatic carbocycles. The average Bonchev–Trinajstić information content (AvgIpc) is 2.35. The summed E-state index contributed by atoms with van der Waals surface area (Å²) < 4.78 is 18.9. The molecule has 0 aliphatic heterocycles. The summed E-state index contributed by atoms with van der Waals surface area (Å²) in [7, 11) is 1.67. The maximum atomic E-state index is 13.4. The minimum atomic E-state index is -0.601. The largest absolute Gasteiger partial charge is 0.456 e. The molecule has 0 amide bonds. The zero-order valence-electron chi connectivity index (χ0n) is 10.7. The fourth-order valence-electron chi connectivity index (χ4n) is 1.67. The van der Waals surface area contributed by atoms with Gasteiger partial charge in [0.2, 0.25) is 0 Å². The van der Waals surface area contributed by atoms with E-state index in [-0.39, 0.29) is 16.5 Å². The van der Waals surface area contributed by atoms with Gasteiger partial charge in [-0.15, -0.1) is 0 Å². The molecule has 0 aliphatic rings. The van der Waals surface area contributed by atoms with Gasteiger partial charge in [-0.2, -0.15) is 0 Å². The molecule has 0 fully saturated rings. The Morgan fingerprint density at radius 3 is 2.45 bits per heavy atom. The lowest BCUT2D eigenvalue weighted by atomic mass is 10.2. The number of hydrogen-bond acceptors (Lipinski definition) is 5. The standard InChI is InChI=1S/C13H14ClFN4O/c1-19(18)12-3-2-7(4-11(12)17)20-13-6-9(15)10(16)5-8(13)14/h2-6H,16-18H2,1H3. The lowest BCUT2D eigenvalue weighted by Crippen LogP contribution is -2.25. The van der Waals surface area contributed by atoms with E-state index in [1.807, 2.05) is 0 Å². The van der Waals surface area contributed by atoms with Gasteiger partial charge in [-0.1, -0.05) is 11.6 Å². The van der Waals surface area contributed by atoms with Gasteiger partial charge in [0.25, 0.3) is 0 Å². The van der Waals surface area contributed by atoms with Crippen LogP contribution in [0.2, 0.25) is 5.02 Å². The number of hydrogen-bond donors (Lipinski definition) is 3. The van der Waals surface area contributed by atoms with Crippen LogP contribution in [0, 0.1) is 5.82 Å². The second-order valence-corrected chi connectivity index (χ2v) is 4.64. The molecule has 6 N–H and O–H groups in total. The van der Waals surface area contributed by atoms with Crippen molar-refractivity contribution >= 4 is 28.7 Å². The van der Waals surface area contributed by atoms with Crippen molar-refractivity contribution in [2.45, 2.75) is 0 Å². The number of nitrogen functional groups attached to an aromatic ring is 2. The lowest BCUT2D eigenvalue weighted by Gasteiger charge is -2.16. The van der Waals surface area contributed by atoms with Gasteiger partial charge in [0.05, 0.1) is 22.1 Å². The van der Waals surface area contributed by atoms with Gasteiger partial charge in [0, 0.05) is 19.2 Å². The first-order valence-corrected chi connectivity index (χ1v) is 6.06. The molecule has 0 spiro atoms. The maximum absolute atomic E-state index is 13.4. The molecule has 0 bridgehead atoms. The zero-order chi connectivity index (χ0) is 14.9. The minimum Gasteiger partial charge on any atom is -0.456 e. The van der Waals surface area contributed by atoms with Gasteiger partial charge in [0.1, 0.15) is 17.3 Å². The average molecular weight is 297 g/mol. The second kappa shape index (κ2) is 5.44. The van der Waals surface area contributed by atoms with Gasteiger partial charge in [0.15, 0.2) is 0 Å². The van der Waals surface area contributed by atoms with Gasteiger partial charge in [-0.25, -0.2) is 10.2 Å². The van der Waals surface area contributed by atoms with E-state index >= 15 is 0 Å². The van der Waals surface area contributed by atoms with Gasteiger partial charge < -0.3 is 21.2 Å². The Bertz CT molecular complexity index is 649. The highest BCUT2D eigenvalue weighted by molar-refractivity contribution is 6.32. The summed E-state index contributed by atoms with van der Waals surface area (Å²) in [4.78, 5) is 0. The summed E-state index contributed by atoms with van der Waals surface area (Å²) in [6.07, 6.45) is 0. The highest BCUT2D eigenvalue weighted by Gasteiger charge is 2.10. The number of ether oxygens (including phenoxy) is 1. The van der Waals surface area contributed by atoms with Crippen LogP contribution in [-0.2, 0) is 0 Å². The van der Waals surface area contributed by atoms with Gasteiger partial charge in [-0.05, 0) is 18.2 Å². The van der Waals surface area contributed by atoms with E-state index < -0.39 is 5.82 Å². The van der Waals surface area contributed by atoms with E-state index in [4.69, 9.17) is 33.6 Å². The Hall–Kier alpha value is -2.18. The normalized spacial score (nSPS) is 10.4. The topological polar surface area (TPSA) is 90.5 Å². The second-order valence-electron chi connectivity index (χ2n) is 4.24. The van der Waals surface area contributed by atoms with E-state index in [1.54, 1.807) is 25.2 Å². The molecule has 0 saturated heterocycles. The molecule has 0 heterocycles. The molecular formula is C13H14ClFN4O. The first kappa shape index (κ1) is 14.2. The third kappa shape index (κ3) is 2.87. The summed E-state index contributed by atoms with van der Waals surface area (Å²) in [6, 6.07) is 7.32. The van der Waals surface area contributed by atoms with Gasteiger partial charge in [-0.3, -0.25) is 0 Å². The highest BCUT2D eigenvalue weighted by Crippen LogP contribution is 2.34. The van der Waals surface area contributed by atoms with E-state index in [1.165, 1.54) is 11.1 Å². The summed E-state index contributed by atoms with van der Waals surface area (Å²) in [5, 5.41) is 1.59. The predicted molar refractivity (Wildman–Crippen MR) is 79.3 cm³/mol. The molecule has 7 heteroatoms. The highest BCUT2D eigenvalue weighted by atomic mass is 35.5. The van der Waals surface area contributed by atoms with E-state index in [0.717, 1.165) is 6.07 Å². The Labute approximate surface area is 120 Å². The van der Waals surface area contributed by atoms with E-state index in [0.29, 0.717) is 17.1 Å². The summed E-state index contributed by atoms with van der Waals surface area (Å²) in [5.74, 6) is 5.58. The fourth-order valence-corrected chi connectivity index (χ4v) is 1.88. The van der Waals surface area contributed by atoms with Crippen LogP contribution in [0.15, 0.2) is 30.3 Å². The minimum absolute atomic E-state index is 0.0398. The molecular weight excluding hydrogens is 283 g/mol. The number of nitrogens with zero attached hydrogens (tertiary/aromatic N) is 1. The Kier molecular flexibility index (Phi) is 3.87. The molecule has 2 rings (SSSR count). The molecule has 0 atom stereocenters. The number of rotatable bonds is 3. The monoisotopic (exact) mass is 296 g/mol. The van der Waals surface area contributed by atoms with Crippen molar-refractivity contribution in [3.63, 3.8) is 0 Å². The van der Waals surface area contributed by atoms with Crippen molar-refractivity contribution in [3.8, 4) is 11.5 Å². The van der Waals surface area contributed by atoms with Crippen LogP contribution in [-0.4, -0.2) is 7.05 Å². The Morgan fingerprint density at radius 2 is 1.85 bits per heavy atom. The van der Waals surface area contributed by atoms with Crippen molar-refractivity contribution in [2.24, 2.45) is 5.84 Å². The van der Waals surface area contributed by atoms with E-state index in [2.05, 4.69) is 0 Å². The third-order valence-electron chi connectivity index (χ3n) is 2.66. The van der Waals surface area contributed by atoms with Crippen molar-refractivity contribution in [2.75, 3.05) is 23.5 Å². The molecule has 2 aromatic rings. The molecule has 106 valence electrons. The van der Waals surface area contributed by atoms with Crippen LogP contribution in [0.4, 0.5) is 21.5 Å². The van der Waals surface area contributed by atoms with Crippen LogP contribution in [0.3, 0.4) is 0 Å². The molecule has 0 saturated carbocycles. The first-order chi connectivity index (χ1) is 9.38. The predicted octanol–water partition coefficient (Wildman–Crippen LogP) is 2.75. The van der Waals surface area contributed by atoms with Crippen LogP contribution in [0.1, 0.15) is 0 Å². The zero-order valence-corrected chi connectivity index (χ0v) is 11.5. The number of hydrazine groups is 1. The smallest absolute Gasteiger partial charge is 0.149 e. The first-order valence-electron chi connectivity index (χ1n) is 5.69. The van der Waals surface area contributed by atoms with Crippen LogP contribution >= 0.6 is 11.6 Å². The molecule has 20 heavy (non-hydrogen) atoms. The molecule has 0 aromatic heterocycles. The number of anilines is 3. The Balaban J connectivity index is 2.31. The number of nitrogens with two attached hydrogens (primary N) is 3. The van der Waals surface area contributed by atoms with Gasteiger partial charge >= 0.3 is 0 Å². The van der Waals surface area contributed by atoms with Crippen LogP contribution in [0.5, 0.6) is 11.5 Å². The molecule has 0 aliphatic carbocycles. The summed E-state index contributed by atoms with van der Waals surface area (Å²) in [5.41, 5.74) is 12.3. The third-order valence-corrected chi connectivity index (χ3v) is 2.95. The van der Waals surface area contributed by atoms with Crippen LogP contribution < -0.4 is 27.1 Å². The van der Waals surface area contributed by atoms with Crippen molar-refractivity contribution in [3.05, 3.63) is 41.2 Å². The van der Waals surface area contributed by atoms with E-state index in [9.17, 15) is 4.39 Å². The van der Waals surface area contributed by atoms with Crippen molar-refractivity contribution < 1.29 is 9.13 Å². The summed E-state index contributed by atoms with van der Waals surface area (Å²) in [6.45, 7) is 0. The quantitative estimate of drug-likeness (QED) is 0.460. The SMILES string of the molecule is CN(N)c1ccc(Oc2cc(F)c(N)cc2Cl)cc1N.